The number of benzene rings is 2. The fraction of sp³-hybridized carbons (Fsp3) is 0.320. The first-order valence-corrected chi connectivity index (χ1v) is 11.1. The number of aliphatic imine (C=N–C) groups is 1. The van der Waals surface area contributed by atoms with E-state index in [0.717, 1.165) is 29.9 Å². The van der Waals surface area contributed by atoms with Crippen LogP contribution in [0.1, 0.15) is 28.5 Å². The molecule has 0 radical (unpaired) electrons. The van der Waals surface area contributed by atoms with Crippen molar-refractivity contribution in [3.05, 3.63) is 77.7 Å². The Bertz CT molecular complexity index is 1050. The van der Waals surface area contributed by atoms with Crippen LogP contribution in [0.3, 0.4) is 0 Å². The van der Waals surface area contributed by atoms with Gasteiger partial charge >= 0.3 is 0 Å². The molecule has 8 nitrogen and oxygen atoms in total. The Balaban J connectivity index is 0.00000408. The Morgan fingerprint density at radius 2 is 1.85 bits per heavy atom. The van der Waals surface area contributed by atoms with Crippen LogP contribution in [0.15, 0.2) is 70.3 Å². The van der Waals surface area contributed by atoms with Crippen LogP contribution >= 0.6 is 24.0 Å². The van der Waals surface area contributed by atoms with E-state index in [1.54, 1.807) is 6.26 Å². The molecule has 182 valence electrons. The van der Waals surface area contributed by atoms with Gasteiger partial charge in [-0.3, -0.25) is 4.79 Å². The first-order chi connectivity index (χ1) is 16.0. The number of amides is 1. The number of nitrogens with one attached hydrogen (secondary N) is 3. The second kappa shape index (κ2) is 14.4. The SMILES string of the molecule is CCNC(=NCc1cccc(C(=O)NCCN(C)C)c1)NCc1coc(-c2ccccc2)n1.I. The zero-order valence-corrected chi connectivity index (χ0v) is 22.2. The largest absolute Gasteiger partial charge is 0.444 e. The third kappa shape index (κ3) is 8.79. The fourth-order valence-electron chi connectivity index (χ4n) is 3.09. The predicted molar refractivity (Wildman–Crippen MR) is 146 cm³/mol. The first kappa shape index (κ1) is 27.3. The number of halogens is 1. The maximum Gasteiger partial charge on any atom is 0.251 e. The normalized spacial score (nSPS) is 11.1. The summed E-state index contributed by atoms with van der Waals surface area (Å²) in [6, 6.07) is 17.3. The Hall–Kier alpha value is -2.92. The molecule has 3 N–H and O–H groups in total. The average Bonchev–Trinajstić information content (AvgIpc) is 3.30. The molecule has 34 heavy (non-hydrogen) atoms. The summed E-state index contributed by atoms with van der Waals surface area (Å²) in [4.78, 5) is 23.6. The number of nitrogens with zero attached hydrogens (tertiary/aromatic N) is 3. The lowest BCUT2D eigenvalue weighted by Crippen LogP contribution is -2.36. The molecule has 0 bridgehead atoms. The highest BCUT2D eigenvalue weighted by molar-refractivity contribution is 14.0. The fourth-order valence-corrected chi connectivity index (χ4v) is 3.09. The van der Waals surface area contributed by atoms with E-state index in [1.165, 1.54) is 0 Å². The van der Waals surface area contributed by atoms with E-state index in [9.17, 15) is 4.79 Å². The van der Waals surface area contributed by atoms with Crippen molar-refractivity contribution < 1.29 is 9.21 Å². The Labute approximate surface area is 218 Å². The molecule has 0 aliphatic carbocycles. The average molecular weight is 576 g/mol. The van der Waals surface area contributed by atoms with Crippen LogP contribution in [-0.2, 0) is 13.1 Å². The molecule has 1 amide bonds. The number of hydrogen-bond acceptors (Lipinski definition) is 5. The molecular weight excluding hydrogens is 543 g/mol. The van der Waals surface area contributed by atoms with Gasteiger partial charge < -0.3 is 25.3 Å². The van der Waals surface area contributed by atoms with E-state index < -0.39 is 0 Å². The van der Waals surface area contributed by atoms with Crippen LogP contribution in [0, 0.1) is 0 Å². The summed E-state index contributed by atoms with van der Waals surface area (Å²) < 4.78 is 5.60. The summed E-state index contributed by atoms with van der Waals surface area (Å²) in [5, 5.41) is 9.45. The van der Waals surface area contributed by atoms with Gasteiger partial charge in [0.25, 0.3) is 5.91 Å². The molecule has 3 rings (SSSR count). The molecule has 2 aromatic carbocycles. The van der Waals surface area contributed by atoms with Crippen molar-refractivity contribution >= 4 is 35.8 Å². The summed E-state index contributed by atoms with van der Waals surface area (Å²) >= 11 is 0. The van der Waals surface area contributed by atoms with Gasteiger partial charge in [0.05, 0.1) is 18.8 Å². The van der Waals surface area contributed by atoms with Crippen LogP contribution in [0.25, 0.3) is 11.5 Å². The van der Waals surface area contributed by atoms with E-state index in [-0.39, 0.29) is 29.9 Å². The lowest BCUT2D eigenvalue weighted by Gasteiger charge is -2.11. The van der Waals surface area contributed by atoms with Crippen LogP contribution in [0.5, 0.6) is 0 Å². The summed E-state index contributed by atoms with van der Waals surface area (Å²) in [5.41, 5.74) is 3.32. The van der Waals surface area contributed by atoms with Gasteiger partial charge in [0, 0.05) is 30.8 Å². The number of oxazole rings is 1. The van der Waals surface area contributed by atoms with E-state index in [4.69, 9.17) is 4.42 Å². The summed E-state index contributed by atoms with van der Waals surface area (Å²) in [6.07, 6.45) is 1.65. The standard InChI is InChI=1S/C25H32N6O2.HI/c1-4-26-25(29-17-22-18-33-24(30-22)20-10-6-5-7-11-20)28-16-19-9-8-12-21(15-19)23(32)27-13-14-31(2)3;/h5-12,15,18H,4,13-14,16-17H2,1-3H3,(H,27,32)(H2,26,28,29);1H. The Kier molecular flexibility index (Phi) is 11.5. The van der Waals surface area contributed by atoms with Crippen molar-refractivity contribution in [3.8, 4) is 11.5 Å². The van der Waals surface area contributed by atoms with Gasteiger partial charge in [-0.15, -0.1) is 24.0 Å². The van der Waals surface area contributed by atoms with Crippen LogP contribution in [0.2, 0.25) is 0 Å². The molecule has 1 heterocycles. The number of rotatable bonds is 10. The second-order valence-corrected chi connectivity index (χ2v) is 7.82. The molecule has 0 saturated carbocycles. The molecule has 0 unspecified atom stereocenters. The molecule has 0 aliphatic rings. The van der Waals surface area contributed by atoms with Gasteiger partial charge in [-0.05, 0) is 50.8 Å². The van der Waals surface area contributed by atoms with Crippen molar-refractivity contribution in [1.82, 2.24) is 25.8 Å². The van der Waals surface area contributed by atoms with Crippen LogP contribution in [-0.4, -0.2) is 55.5 Å². The first-order valence-electron chi connectivity index (χ1n) is 11.1. The maximum atomic E-state index is 12.4. The topological polar surface area (TPSA) is 94.8 Å². The molecule has 9 heteroatoms. The van der Waals surface area contributed by atoms with Gasteiger partial charge in [0.15, 0.2) is 5.96 Å². The zero-order valence-electron chi connectivity index (χ0n) is 19.9. The van der Waals surface area contributed by atoms with Crippen molar-refractivity contribution in [2.24, 2.45) is 4.99 Å². The number of carbonyl (C=O) groups excluding carboxylic acids is 1. The highest BCUT2D eigenvalue weighted by Crippen LogP contribution is 2.17. The molecule has 0 fully saturated rings. The van der Waals surface area contributed by atoms with E-state index in [0.29, 0.717) is 37.0 Å². The lowest BCUT2D eigenvalue weighted by atomic mass is 10.1. The molecule has 0 atom stereocenters. The number of guanidine groups is 1. The molecule has 3 aromatic rings. The maximum absolute atomic E-state index is 12.4. The van der Waals surface area contributed by atoms with Gasteiger partial charge in [-0.25, -0.2) is 9.98 Å². The molecule has 0 saturated heterocycles. The Morgan fingerprint density at radius 3 is 2.59 bits per heavy atom. The van der Waals surface area contributed by atoms with E-state index in [1.807, 2.05) is 80.5 Å². The molecule has 0 aliphatic heterocycles. The summed E-state index contributed by atoms with van der Waals surface area (Å²) in [6.45, 7) is 5.08. The van der Waals surface area contributed by atoms with E-state index >= 15 is 0 Å². The highest BCUT2D eigenvalue weighted by Gasteiger charge is 2.08. The number of hydrogen-bond donors (Lipinski definition) is 3. The van der Waals surface area contributed by atoms with Crippen molar-refractivity contribution in [2.75, 3.05) is 33.7 Å². The summed E-state index contributed by atoms with van der Waals surface area (Å²) in [7, 11) is 3.96. The minimum atomic E-state index is -0.0760. The number of likely N-dealkylation sites (N-methyl/N-ethyl adjacent to an activating group) is 1. The molecule has 0 spiro atoms. The molecule has 1 aromatic heterocycles. The Morgan fingerprint density at radius 1 is 1.06 bits per heavy atom. The predicted octanol–water partition coefficient (Wildman–Crippen LogP) is 3.51. The smallest absolute Gasteiger partial charge is 0.251 e. The van der Waals surface area contributed by atoms with Crippen molar-refractivity contribution in [2.45, 2.75) is 20.0 Å². The van der Waals surface area contributed by atoms with Gasteiger partial charge in [0.1, 0.15) is 6.26 Å². The number of aromatic nitrogens is 1. The van der Waals surface area contributed by atoms with Gasteiger partial charge in [-0.2, -0.15) is 0 Å². The second-order valence-electron chi connectivity index (χ2n) is 7.82. The van der Waals surface area contributed by atoms with Gasteiger partial charge in [-0.1, -0.05) is 30.3 Å². The van der Waals surface area contributed by atoms with Gasteiger partial charge in [0.2, 0.25) is 5.89 Å². The van der Waals surface area contributed by atoms with Crippen molar-refractivity contribution in [1.29, 1.82) is 0 Å². The van der Waals surface area contributed by atoms with E-state index in [2.05, 4.69) is 25.9 Å². The summed E-state index contributed by atoms with van der Waals surface area (Å²) in [5.74, 6) is 1.19. The minimum Gasteiger partial charge on any atom is -0.444 e. The number of carbonyl (C=O) groups is 1. The quantitative estimate of drug-likeness (QED) is 0.194. The lowest BCUT2D eigenvalue weighted by molar-refractivity contribution is 0.0951. The highest BCUT2D eigenvalue weighted by atomic mass is 127. The zero-order chi connectivity index (χ0) is 23.5. The van der Waals surface area contributed by atoms with Crippen molar-refractivity contribution in [3.63, 3.8) is 0 Å². The van der Waals surface area contributed by atoms with Crippen LogP contribution < -0.4 is 16.0 Å². The third-order valence-corrected chi connectivity index (χ3v) is 4.81. The minimum absolute atomic E-state index is 0. The monoisotopic (exact) mass is 576 g/mol. The third-order valence-electron chi connectivity index (χ3n) is 4.81. The molecular formula is C25H33IN6O2. The van der Waals surface area contributed by atoms with Crippen LogP contribution in [0.4, 0.5) is 0 Å².